The topological polar surface area (TPSA) is 40.5 Å². The van der Waals surface area contributed by atoms with Gasteiger partial charge in [0.25, 0.3) is 0 Å². The zero-order valence-electron chi connectivity index (χ0n) is 14.1. The molecule has 1 saturated carbocycles. The molecule has 1 aromatic carbocycles. The van der Waals surface area contributed by atoms with Crippen LogP contribution in [0.5, 0.6) is 5.75 Å². The fourth-order valence-corrected chi connectivity index (χ4v) is 4.84. The van der Waals surface area contributed by atoms with Crippen LogP contribution in [-0.4, -0.2) is 20.5 Å². The van der Waals surface area contributed by atoms with E-state index in [1.165, 1.54) is 5.57 Å². The number of hydrogen-bond donors (Lipinski definition) is 2. The SMILES string of the molecule is Cc1cc(C2(C3=CC=C(O)C(C)(Cl)C3)CCCCC2Cl)ccc1O. The highest BCUT2D eigenvalue weighted by molar-refractivity contribution is 6.25. The second kappa shape index (κ2) is 6.31. The highest BCUT2D eigenvalue weighted by Gasteiger charge is 2.47. The summed E-state index contributed by atoms with van der Waals surface area (Å²) < 4.78 is 0. The average molecular weight is 367 g/mol. The number of phenolic OH excluding ortho intramolecular Hbond substituents is 1. The number of rotatable bonds is 2. The molecule has 1 aromatic rings. The fraction of sp³-hybridized carbons (Fsp3) is 0.500. The lowest BCUT2D eigenvalue weighted by molar-refractivity contribution is 0.309. The Kier molecular flexibility index (Phi) is 4.65. The summed E-state index contributed by atoms with van der Waals surface area (Å²) in [5.74, 6) is 0.500. The molecular weight excluding hydrogens is 343 g/mol. The standard InChI is InChI=1S/C20H24Cl2O2/c1-13-11-14(6-8-16(13)23)20(10-4-3-5-17(20)21)15-7-9-18(24)19(2,22)12-15/h6-9,11,17,23-24H,3-5,10,12H2,1-2H3. The Morgan fingerprint density at radius 1 is 1.17 bits per heavy atom. The summed E-state index contributed by atoms with van der Waals surface area (Å²) in [6, 6.07) is 5.77. The van der Waals surface area contributed by atoms with Gasteiger partial charge in [-0.3, -0.25) is 0 Å². The van der Waals surface area contributed by atoms with E-state index in [0.717, 1.165) is 36.8 Å². The first-order chi connectivity index (χ1) is 11.3. The molecule has 1 fully saturated rings. The van der Waals surface area contributed by atoms with Crippen LogP contribution in [0.1, 0.15) is 50.2 Å². The van der Waals surface area contributed by atoms with Gasteiger partial charge in [-0.15, -0.1) is 23.2 Å². The van der Waals surface area contributed by atoms with Crippen LogP contribution >= 0.6 is 23.2 Å². The Morgan fingerprint density at radius 3 is 2.54 bits per heavy atom. The predicted octanol–water partition coefficient (Wildman–Crippen LogP) is 5.89. The number of alkyl halides is 2. The van der Waals surface area contributed by atoms with Gasteiger partial charge in [0.05, 0.1) is 0 Å². The van der Waals surface area contributed by atoms with Crippen molar-refractivity contribution in [2.24, 2.45) is 0 Å². The number of hydrogen-bond acceptors (Lipinski definition) is 2. The van der Waals surface area contributed by atoms with E-state index < -0.39 is 4.87 Å². The largest absolute Gasteiger partial charge is 0.510 e. The maximum atomic E-state index is 10.1. The smallest absolute Gasteiger partial charge is 0.118 e. The Balaban J connectivity index is 2.15. The quantitative estimate of drug-likeness (QED) is 0.640. The molecule has 0 saturated heterocycles. The van der Waals surface area contributed by atoms with E-state index in [-0.39, 0.29) is 16.6 Å². The van der Waals surface area contributed by atoms with Crippen molar-refractivity contribution in [2.45, 2.75) is 61.6 Å². The van der Waals surface area contributed by atoms with Crippen LogP contribution in [0.15, 0.2) is 41.7 Å². The molecule has 2 aliphatic carbocycles. The van der Waals surface area contributed by atoms with Crippen molar-refractivity contribution >= 4 is 23.2 Å². The van der Waals surface area contributed by atoms with Crippen molar-refractivity contribution in [3.8, 4) is 5.75 Å². The molecule has 0 aromatic heterocycles. The summed E-state index contributed by atoms with van der Waals surface area (Å²) in [7, 11) is 0. The fourth-order valence-electron chi connectivity index (χ4n) is 4.10. The molecule has 2 nitrogen and oxygen atoms in total. The molecule has 4 heteroatoms. The van der Waals surface area contributed by atoms with Gasteiger partial charge < -0.3 is 10.2 Å². The third-order valence-corrected chi connectivity index (χ3v) is 6.52. The highest BCUT2D eigenvalue weighted by atomic mass is 35.5. The van der Waals surface area contributed by atoms with Gasteiger partial charge in [-0.05, 0) is 56.4 Å². The maximum absolute atomic E-state index is 10.1. The zero-order valence-corrected chi connectivity index (χ0v) is 15.7. The average Bonchev–Trinajstić information content (AvgIpc) is 2.53. The first-order valence-corrected chi connectivity index (χ1v) is 9.33. The minimum Gasteiger partial charge on any atom is -0.510 e. The van der Waals surface area contributed by atoms with Gasteiger partial charge in [0.15, 0.2) is 0 Å². The second-order valence-electron chi connectivity index (χ2n) is 7.30. The maximum Gasteiger partial charge on any atom is 0.118 e. The Hall–Kier alpha value is -1.12. The number of benzene rings is 1. The first kappa shape index (κ1) is 17.7. The number of allylic oxidation sites excluding steroid dienone is 4. The second-order valence-corrected chi connectivity index (χ2v) is 8.66. The molecule has 2 N–H and O–H groups in total. The Morgan fingerprint density at radius 2 is 1.92 bits per heavy atom. The van der Waals surface area contributed by atoms with E-state index in [1.54, 1.807) is 12.1 Å². The van der Waals surface area contributed by atoms with Crippen LogP contribution in [0, 0.1) is 6.92 Å². The van der Waals surface area contributed by atoms with Crippen molar-refractivity contribution in [3.05, 3.63) is 52.8 Å². The predicted molar refractivity (Wildman–Crippen MR) is 100 cm³/mol. The van der Waals surface area contributed by atoms with E-state index >= 15 is 0 Å². The molecule has 0 bridgehead atoms. The number of phenols is 1. The number of aliphatic hydroxyl groups excluding tert-OH is 1. The van der Waals surface area contributed by atoms with Crippen LogP contribution in [0.4, 0.5) is 0 Å². The molecule has 0 heterocycles. The van der Waals surface area contributed by atoms with Gasteiger partial charge in [0, 0.05) is 10.8 Å². The number of halogens is 2. The summed E-state index contributed by atoms with van der Waals surface area (Å²) in [4.78, 5) is -0.795. The summed E-state index contributed by atoms with van der Waals surface area (Å²) in [5, 5.41) is 20.0. The van der Waals surface area contributed by atoms with Gasteiger partial charge in [0.1, 0.15) is 16.4 Å². The Labute approximate surface area is 153 Å². The lowest BCUT2D eigenvalue weighted by Gasteiger charge is -2.46. The molecule has 2 aliphatic rings. The normalized spacial score (nSPS) is 33.8. The van der Waals surface area contributed by atoms with E-state index in [2.05, 4.69) is 0 Å². The third kappa shape index (κ3) is 2.84. The molecule has 3 atom stereocenters. The highest BCUT2D eigenvalue weighted by Crippen LogP contribution is 2.52. The van der Waals surface area contributed by atoms with Gasteiger partial charge in [-0.2, -0.15) is 0 Å². The zero-order chi connectivity index (χ0) is 17.5. The van der Waals surface area contributed by atoms with E-state index in [0.29, 0.717) is 12.2 Å². The van der Waals surface area contributed by atoms with Crippen molar-refractivity contribution in [2.75, 3.05) is 0 Å². The van der Waals surface area contributed by atoms with Crippen LogP contribution in [0.2, 0.25) is 0 Å². The van der Waals surface area contributed by atoms with Crippen LogP contribution in [0.3, 0.4) is 0 Å². The lowest BCUT2D eigenvalue weighted by atomic mass is 9.62. The minimum atomic E-state index is -0.795. The minimum absolute atomic E-state index is 0.0254. The summed E-state index contributed by atoms with van der Waals surface area (Å²) in [6.45, 7) is 3.75. The molecule has 0 spiro atoms. The van der Waals surface area contributed by atoms with Gasteiger partial charge >= 0.3 is 0 Å². The molecular formula is C20H24Cl2O2. The summed E-state index contributed by atoms with van der Waals surface area (Å²) in [5.41, 5.74) is 2.85. The van der Waals surface area contributed by atoms with Gasteiger partial charge in [0.2, 0.25) is 0 Å². The number of aromatic hydroxyl groups is 1. The first-order valence-electron chi connectivity index (χ1n) is 8.51. The van der Waals surface area contributed by atoms with E-state index in [1.807, 2.05) is 32.1 Å². The van der Waals surface area contributed by atoms with Gasteiger partial charge in [-0.1, -0.05) is 36.6 Å². The molecule has 0 amide bonds. The van der Waals surface area contributed by atoms with Crippen LogP contribution in [-0.2, 0) is 5.41 Å². The molecule has 130 valence electrons. The third-order valence-electron chi connectivity index (χ3n) is 5.60. The molecule has 0 radical (unpaired) electrons. The summed E-state index contributed by atoms with van der Waals surface area (Å²) >= 11 is 13.4. The molecule has 3 rings (SSSR count). The molecule has 24 heavy (non-hydrogen) atoms. The lowest BCUT2D eigenvalue weighted by Crippen LogP contribution is -2.43. The van der Waals surface area contributed by atoms with Crippen molar-refractivity contribution in [1.29, 1.82) is 0 Å². The van der Waals surface area contributed by atoms with Crippen molar-refractivity contribution in [3.63, 3.8) is 0 Å². The number of aliphatic hydroxyl groups is 1. The van der Waals surface area contributed by atoms with Gasteiger partial charge in [-0.25, -0.2) is 0 Å². The van der Waals surface area contributed by atoms with Crippen LogP contribution in [0.25, 0.3) is 0 Å². The van der Waals surface area contributed by atoms with E-state index in [4.69, 9.17) is 23.2 Å². The Bertz CT molecular complexity index is 706. The number of aryl methyl sites for hydroxylation is 1. The van der Waals surface area contributed by atoms with E-state index in [9.17, 15) is 10.2 Å². The molecule has 0 aliphatic heterocycles. The van der Waals surface area contributed by atoms with Crippen molar-refractivity contribution < 1.29 is 10.2 Å². The van der Waals surface area contributed by atoms with Crippen LogP contribution < -0.4 is 0 Å². The summed E-state index contributed by atoms with van der Waals surface area (Å²) in [6.07, 6.45) is 8.41. The van der Waals surface area contributed by atoms with Crippen molar-refractivity contribution in [1.82, 2.24) is 0 Å². The monoisotopic (exact) mass is 366 g/mol. The molecule has 3 unspecified atom stereocenters.